The molecule has 1 fully saturated rings. The van der Waals surface area contributed by atoms with Gasteiger partial charge in [-0.3, -0.25) is 4.99 Å². The van der Waals surface area contributed by atoms with E-state index in [1.807, 2.05) is 6.07 Å². The first-order valence-corrected chi connectivity index (χ1v) is 8.17. The van der Waals surface area contributed by atoms with Crippen molar-refractivity contribution in [2.45, 2.75) is 39.2 Å². The molecule has 0 amide bonds. The van der Waals surface area contributed by atoms with E-state index < -0.39 is 0 Å². The van der Waals surface area contributed by atoms with Crippen molar-refractivity contribution in [3.05, 3.63) is 17.5 Å². The first-order chi connectivity index (χ1) is 11.1. The lowest BCUT2D eigenvalue weighted by Crippen LogP contribution is -2.44. The Kier molecular flexibility index (Phi) is 8.99. The second-order valence-corrected chi connectivity index (χ2v) is 6.43. The maximum Gasteiger partial charge on any atom is 0.191 e. The number of guanidine groups is 1. The molecule has 2 heterocycles. The molecular formula is C16H29IN4O3. The van der Waals surface area contributed by atoms with Crippen molar-refractivity contribution in [3.8, 4) is 0 Å². The third kappa shape index (κ3) is 5.89. The standard InChI is InChI=1S/C16H28N4O3.HI/c1-12(2)14-8-13(23-20-14)9-18-15(17-3)19-10-16(4-6-21)5-7-22-11-16;/h8,12,21H,4-7,9-11H2,1-3H3,(H2,17,18,19);1H. The maximum atomic E-state index is 9.26. The second-order valence-electron chi connectivity index (χ2n) is 6.43. The molecule has 1 aliphatic heterocycles. The molecule has 8 heteroatoms. The number of aliphatic imine (C=N–C) groups is 1. The van der Waals surface area contributed by atoms with Crippen molar-refractivity contribution in [2.24, 2.45) is 10.4 Å². The molecular weight excluding hydrogens is 423 g/mol. The van der Waals surface area contributed by atoms with Crippen LogP contribution in [0.4, 0.5) is 0 Å². The number of aliphatic hydroxyl groups excluding tert-OH is 1. The van der Waals surface area contributed by atoms with E-state index in [0.717, 1.165) is 37.4 Å². The lowest BCUT2D eigenvalue weighted by Gasteiger charge is -2.27. The highest BCUT2D eigenvalue weighted by molar-refractivity contribution is 14.0. The van der Waals surface area contributed by atoms with Gasteiger partial charge in [-0.1, -0.05) is 19.0 Å². The summed E-state index contributed by atoms with van der Waals surface area (Å²) in [6, 6.07) is 1.96. The summed E-state index contributed by atoms with van der Waals surface area (Å²) in [6.45, 7) is 7.03. The lowest BCUT2D eigenvalue weighted by molar-refractivity contribution is 0.127. The summed E-state index contributed by atoms with van der Waals surface area (Å²) >= 11 is 0. The molecule has 0 spiro atoms. The molecule has 1 unspecified atom stereocenters. The van der Waals surface area contributed by atoms with E-state index in [0.29, 0.717) is 25.0 Å². The molecule has 138 valence electrons. The predicted octanol–water partition coefficient (Wildman–Crippen LogP) is 1.87. The Morgan fingerprint density at radius 2 is 2.25 bits per heavy atom. The molecule has 0 aliphatic carbocycles. The van der Waals surface area contributed by atoms with Gasteiger partial charge in [0.1, 0.15) is 0 Å². The van der Waals surface area contributed by atoms with Gasteiger partial charge in [0.15, 0.2) is 11.7 Å². The van der Waals surface area contributed by atoms with Gasteiger partial charge in [0, 0.05) is 38.3 Å². The molecule has 0 bridgehead atoms. The Balaban J connectivity index is 0.00000288. The first-order valence-electron chi connectivity index (χ1n) is 8.17. The minimum atomic E-state index is -0.0105. The third-order valence-corrected chi connectivity index (χ3v) is 4.28. The molecule has 3 N–H and O–H groups in total. The number of nitrogens with zero attached hydrogens (tertiary/aromatic N) is 2. The molecule has 0 aromatic carbocycles. The van der Waals surface area contributed by atoms with Crippen LogP contribution in [0.2, 0.25) is 0 Å². The van der Waals surface area contributed by atoms with Gasteiger partial charge in [0.05, 0.1) is 18.8 Å². The Bertz CT molecular complexity index is 513. The summed E-state index contributed by atoms with van der Waals surface area (Å²) in [7, 11) is 1.74. The molecule has 1 saturated heterocycles. The number of halogens is 1. The zero-order valence-electron chi connectivity index (χ0n) is 14.7. The molecule has 2 rings (SSSR count). The molecule has 1 aromatic rings. The topological polar surface area (TPSA) is 91.9 Å². The lowest BCUT2D eigenvalue weighted by atomic mass is 9.84. The molecule has 24 heavy (non-hydrogen) atoms. The smallest absolute Gasteiger partial charge is 0.191 e. The van der Waals surface area contributed by atoms with E-state index in [1.165, 1.54) is 0 Å². The Hall–Kier alpha value is -0.870. The van der Waals surface area contributed by atoms with Crippen LogP contribution in [-0.4, -0.2) is 49.6 Å². The summed E-state index contributed by atoms with van der Waals surface area (Å²) in [5, 5.41) is 19.9. The largest absolute Gasteiger partial charge is 0.396 e. The Morgan fingerprint density at radius 1 is 1.46 bits per heavy atom. The zero-order chi connectivity index (χ0) is 16.7. The third-order valence-electron chi connectivity index (χ3n) is 4.28. The molecule has 0 saturated carbocycles. The van der Waals surface area contributed by atoms with Crippen LogP contribution in [0.15, 0.2) is 15.6 Å². The average molecular weight is 452 g/mol. The number of nitrogens with one attached hydrogen (secondary N) is 2. The van der Waals surface area contributed by atoms with Gasteiger partial charge in [-0.15, -0.1) is 24.0 Å². The van der Waals surface area contributed by atoms with Crippen molar-refractivity contribution >= 4 is 29.9 Å². The van der Waals surface area contributed by atoms with Gasteiger partial charge in [-0.25, -0.2) is 0 Å². The van der Waals surface area contributed by atoms with Crippen molar-refractivity contribution in [1.29, 1.82) is 0 Å². The van der Waals surface area contributed by atoms with Gasteiger partial charge >= 0.3 is 0 Å². The van der Waals surface area contributed by atoms with E-state index in [2.05, 4.69) is 34.6 Å². The number of ether oxygens (including phenoxy) is 1. The summed E-state index contributed by atoms with van der Waals surface area (Å²) in [4.78, 5) is 4.23. The van der Waals surface area contributed by atoms with Crippen molar-refractivity contribution < 1.29 is 14.4 Å². The van der Waals surface area contributed by atoms with Crippen LogP contribution in [0.25, 0.3) is 0 Å². The molecule has 7 nitrogen and oxygen atoms in total. The zero-order valence-corrected chi connectivity index (χ0v) is 17.0. The minimum Gasteiger partial charge on any atom is -0.396 e. The first kappa shape index (κ1) is 21.2. The van der Waals surface area contributed by atoms with Crippen LogP contribution < -0.4 is 10.6 Å². The summed E-state index contributed by atoms with van der Waals surface area (Å²) in [5.41, 5.74) is 0.943. The van der Waals surface area contributed by atoms with Crippen LogP contribution >= 0.6 is 24.0 Å². The van der Waals surface area contributed by atoms with E-state index in [4.69, 9.17) is 9.26 Å². The fraction of sp³-hybridized carbons (Fsp3) is 0.750. The number of aliphatic hydroxyl groups is 1. The molecule has 1 aromatic heterocycles. The van der Waals surface area contributed by atoms with Gasteiger partial charge in [0.25, 0.3) is 0 Å². The van der Waals surface area contributed by atoms with Gasteiger partial charge in [-0.2, -0.15) is 0 Å². The molecule has 0 radical (unpaired) electrons. The molecule has 1 aliphatic rings. The van der Waals surface area contributed by atoms with Gasteiger partial charge in [0.2, 0.25) is 0 Å². The fourth-order valence-electron chi connectivity index (χ4n) is 2.66. The minimum absolute atomic E-state index is 0. The van der Waals surface area contributed by atoms with Crippen LogP contribution in [0, 0.1) is 5.41 Å². The van der Waals surface area contributed by atoms with Crippen LogP contribution in [-0.2, 0) is 11.3 Å². The van der Waals surface area contributed by atoms with E-state index in [1.54, 1.807) is 7.05 Å². The quantitative estimate of drug-likeness (QED) is 0.333. The Morgan fingerprint density at radius 3 is 2.79 bits per heavy atom. The van der Waals surface area contributed by atoms with Crippen LogP contribution in [0.3, 0.4) is 0 Å². The fourth-order valence-corrected chi connectivity index (χ4v) is 2.66. The number of aromatic nitrogens is 1. The van der Waals surface area contributed by atoms with Crippen molar-refractivity contribution in [2.75, 3.05) is 33.4 Å². The monoisotopic (exact) mass is 452 g/mol. The SMILES string of the molecule is CN=C(NCc1cc(C(C)C)no1)NCC1(CCO)CCOC1.I. The predicted molar refractivity (Wildman–Crippen MR) is 104 cm³/mol. The molecule has 1 atom stereocenters. The van der Waals surface area contributed by atoms with E-state index in [-0.39, 0.29) is 36.0 Å². The maximum absolute atomic E-state index is 9.26. The normalized spacial score (nSPS) is 21.0. The highest BCUT2D eigenvalue weighted by Gasteiger charge is 2.34. The van der Waals surface area contributed by atoms with Gasteiger partial charge < -0.3 is 25.0 Å². The Labute approximate surface area is 160 Å². The summed E-state index contributed by atoms with van der Waals surface area (Å²) in [6.07, 6.45) is 1.69. The van der Waals surface area contributed by atoms with E-state index >= 15 is 0 Å². The second kappa shape index (κ2) is 10.2. The number of hydrogen-bond acceptors (Lipinski definition) is 5. The van der Waals surface area contributed by atoms with E-state index in [9.17, 15) is 5.11 Å². The average Bonchev–Trinajstić information content (AvgIpc) is 3.18. The number of rotatable bonds is 7. The van der Waals surface area contributed by atoms with Crippen molar-refractivity contribution in [3.63, 3.8) is 0 Å². The van der Waals surface area contributed by atoms with Crippen LogP contribution in [0.1, 0.15) is 44.1 Å². The highest BCUT2D eigenvalue weighted by atomic mass is 127. The summed E-state index contributed by atoms with van der Waals surface area (Å²) < 4.78 is 10.8. The summed E-state index contributed by atoms with van der Waals surface area (Å²) in [5.74, 6) is 1.84. The van der Waals surface area contributed by atoms with Gasteiger partial charge in [-0.05, 0) is 18.8 Å². The number of hydrogen-bond donors (Lipinski definition) is 3. The highest BCUT2D eigenvalue weighted by Crippen LogP contribution is 2.31. The van der Waals surface area contributed by atoms with Crippen LogP contribution in [0.5, 0.6) is 0 Å². The van der Waals surface area contributed by atoms with Crippen molar-refractivity contribution in [1.82, 2.24) is 15.8 Å².